The molecule has 4 bridgehead atoms. The quantitative estimate of drug-likeness (QED) is 0.167. The van der Waals surface area contributed by atoms with Crippen molar-refractivity contribution in [2.75, 3.05) is 0 Å². The number of benzene rings is 8. The Hall–Kier alpha value is -7.16. The third-order valence-corrected chi connectivity index (χ3v) is 16.3. The fourth-order valence-corrected chi connectivity index (χ4v) is 14.0. The number of hydrogen-bond donors (Lipinski definition) is 0. The molecule has 9 aromatic rings. The summed E-state index contributed by atoms with van der Waals surface area (Å²) in [5.41, 5.74) is 17.7. The van der Waals surface area contributed by atoms with Gasteiger partial charge in [0.2, 0.25) is 0 Å². The lowest BCUT2D eigenvalue weighted by atomic mass is 9.43. The molecule has 0 unspecified atom stereocenters. The normalized spacial score (nSPS) is 22.8. The summed E-state index contributed by atoms with van der Waals surface area (Å²) in [4.78, 5) is 10.4. The average molecular weight is 835 g/mol. The summed E-state index contributed by atoms with van der Waals surface area (Å²) < 4.78 is 20.7. The monoisotopic (exact) mass is 834 g/mol. The molecule has 1 heterocycles. The molecule has 2 heteroatoms. The van der Waals surface area contributed by atoms with Crippen LogP contribution in [0.5, 0.6) is 0 Å². The molecule has 1 spiro atoms. The molecule has 6 aliphatic rings. The second kappa shape index (κ2) is 14.2. The third kappa shape index (κ3) is 5.34. The second-order valence-electron chi connectivity index (χ2n) is 19.5. The van der Waals surface area contributed by atoms with Gasteiger partial charge < -0.3 is 0 Å². The summed E-state index contributed by atoms with van der Waals surface area (Å²) in [6, 6.07) is 70.6. The Labute approximate surface area is 384 Å². The molecule has 0 atom stereocenters. The van der Waals surface area contributed by atoms with Gasteiger partial charge in [0.25, 0.3) is 0 Å². The van der Waals surface area contributed by atoms with Crippen LogP contribution < -0.4 is 0 Å². The van der Waals surface area contributed by atoms with Crippen molar-refractivity contribution in [3.8, 4) is 67.3 Å². The lowest BCUT2D eigenvalue weighted by molar-refractivity contribution is -0.0399. The highest BCUT2D eigenvalue weighted by Gasteiger charge is 2.61. The van der Waals surface area contributed by atoms with Crippen LogP contribution in [0.25, 0.3) is 67.3 Å². The SMILES string of the molecule is [2H]c1cc(-c2ccc3c(c2)C(c2ccccc2)(c2ccccc2)c2ccccc2-3)c([2H])c2c1C1(c3cc(-c4cc(-c5ccccc5)nc(-c5ccccc5)n4)ccc3-2)C2CC3CC(C2)CC1C3. The van der Waals surface area contributed by atoms with Crippen molar-refractivity contribution in [2.24, 2.45) is 23.7 Å². The highest BCUT2D eigenvalue weighted by atomic mass is 14.9. The predicted molar refractivity (Wildman–Crippen MR) is 264 cm³/mol. The van der Waals surface area contributed by atoms with Crippen LogP contribution in [-0.4, -0.2) is 9.97 Å². The zero-order valence-corrected chi connectivity index (χ0v) is 36.2. The Kier molecular flexibility index (Phi) is 7.68. The third-order valence-electron chi connectivity index (χ3n) is 16.3. The Balaban J connectivity index is 0.983. The van der Waals surface area contributed by atoms with Gasteiger partial charge in [0, 0.05) is 22.1 Å². The molecule has 0 aliphatic heterocycles. The minimum absolute atomic E-state index is 0.313. The molecular formula is C63H48N2. The summed E-state index contributed by atoms with van der Waals surface area (Å²) in [6.45, 7) is 0. The fraction of sp³-hybridized carbons (Fsp3) is 0.175. The summed E-state index contributed by atoms with van der Waals surface area (Å²) in [5.74, 6) is 3.09. The summed E-state index contributed by atoms with van der Waals surface area (Å²) in [5, 5.41) is 0. The zero-order valence-electron chi connectivity index (χ0n) is 38.2. The number of nitrogens with zero attached hydrogens (tertiary/aromatic N) is 2. The summed E-state index contributed by atoms with van der Waals surface area (Å²) >= 11 is 0. The molecule has 0 amide bonds. The van der Waals surface area contributed by atoms with E-state index >= 15 is 0 Å². The van der Waals surface area contributed by atoms with Gasteiger partial charge in [-0.25, -0.2) is 9.97 Å². The van der Waals surface area contributed by atoms with E-state index in [4.69, 9.17) is 9.97 Å². The van der Waals surface area contributed by atoms with Crippen molar-refractivity contribution in [2.45, 2.75) is 42.9 Å². The number of fused-ring (bicyclic) bond motifs is 6. The number of aromatic nitrogens is 2. The Bertz CT molecular complexity index is 3310. The van der Waals surface area contributed by atoms with Crippen molar-refractivity contribution in [3.63, 3.8) is 0 Å². The van der Waals surface area contributed by atoms with Gasteiger partial charge in [-0.1, -0.05) is 182 Å². The van der Waals surface area contributed by atoms with Gasteiger partial charge >= 0.3 is 0 Å². The number of hydrogen-bond acceptors (Lipinski definition) is 2. The first-order valence-corrected chi connectivity index (χ1v) is 23.7. The van der Waals surface area contributed by atoms with Crippen molar-refractivity contribution >= 4 is 0 Å². The Morgan fingerprint density at radius 3 is 1.57 bits per heavy atom. The molecule has 15 rings (SSSR count). The first-order valence-electron chi connectivity index (χ1n) is 24.7. The molecule has 4 fully saturated rings. The van der Waals surface area contributed by atoms with Crippen LogP contribution in [0.3, 0.4) is 0 Å². The van der Waals surface area contributed by atoms with Gasteiger partial charge in [-0.15, -0.1) is 0 Å². The Morgan fingerprint density at radius 1 is 0.385 bits per heavy atom. The molecule has 0 saturated heterocycles. The highest BCUT2D eigenvalue weighted by molar-refractivity contribution is 5.91. The van der Waals surface area contributed by atoms with E-state index in [1.54, 1.807) is 0 Å². The van der Waals surface area contributed by atoms with E-state index in [1.165, 1.54) is 71.0 Å². The molecule has 6 aliphatic carbocycles. The predicted octanol–water partition coefficient (Wildman–Crippen LogP) is 15.2. The second-order valence-corrected chi connectivity index (χ2v) is 19.5. The molecule has 1 aromatic heterocycles. The van der Waals surface area contributed by atoms with Crippen LogP contribution in [0.2, 0.25) is 0 Å². The molecule has 2 nitrogen and oxygen atoms in total. The maximum atomic E-state index is 10.5. The van der Waals surface area contributed by atoms with Gasteiger partial charge in [-0.05, 0) is 147 Å². The molecule has 310 valence electrons. The van der Waals surface area contributed by atoms with Crippen molar-refractivity contribution in [1.82, 2.24) is 9.97 Å². The maximum absolute atomic E-state index is 10.5. The van der Waals surface area contributed by atoms with Crippen molar-refractivity contribution in [3.05, 3.63) is 240 Å². The lowest BCUT2D eigenvalue weighted by Gasteiger charge is -2.61. The first-order chi connectivity index (χ1) is 33.0. The van der Waals surface area contributed by atoms with Gasteiger partial charge in [0.05, 0.1) is 19.5 Å². The molecule has 4 saturated carbocycles. The van der Waals surface area contributed by atoms with Crippen LogP contribution in [0.1, 0.15) is 68.2 Å². The first kappa shape index (κ1) is 35.2. The fourth-order valence-electron chi connectivity index (χ4n) is 14.0. The van der Waals surface area contributed by atoms with E-state index in [9.17, 15) is 2.74 Å². The van der Waals surface area contributed by atoms with E-state index < -0.39 is 5.41 Å². The van der Waals surface area contributed by atoms with E-state index in [0.717, 1.165) is 67.7 Å². The standard InChI is InChI=1S/C63H48N2/c1-5-15-42(16-6-1)59-39-60(65-61(64-59)43-17-7-2-8-18-43)46-26-29-53-54-36-44(27-30-56(54)63(58(53)38-46)49-32-40-31-41(34-49)35-50(63)33-40)45-25-28-52-51-23-13-14-24-55(51)62(57(52)37-45,47-19-9-3-10-20-47)48-21-11-4-12-22-48/h1-30,36-41,49-50H,31-35H2/i30D,36D. The van der Waals surface area contributed by atoms with Gasteiger partial charge in [-0.2, -0.15) is 0 Å². The topological polar surface area (TPSA) is 25.8 Å². The minimum atomic E-state index is -0.553. The van der Waals surface area contributed by atoms with Crippen LogP contribution in [-0.2, 0) is 10.8 Å². The maximum Gasteiger partial charge on any atom is 0.160 e. The van der Waals surface area contributed by atoms with Gasteiger partial charge in [0.15, 0.2) is 5.82 Å². The van der Waals surface area contributed by atoms with E-state index in [0.29, 0.717) is 29.7 Å². The van der Waals surface area contributed by atoms with Crippen LogP contribution in [0.15, 0.2) is 206 Å². The molecule has 0 radical (unpaired) electrons. The largest absolute Gasteiger partial charge is 0.228 e. The number of rotatable bonds is 6. The van der Waals surface area contributed by atoms with Crippen molar-refractivity contribution < 1.29 is 2.74 Å². The molecule has 8 aromatic carbocycles. The van der Waals surface area contributed by atoms with Crippen molar-refractivity contribution in [1.29, 1.82) is 0 Å². The highest BCUT2D eigenvalue weighted by Crippen LogP contribution is 2.70. The molecular weight excluding hydrogens is 785 g/mol. The van der Waals surface area contributed by atoms with Gasteiger partial charge in [0.1, 0.15) is 0 Å². The van der Waals surface area contributed by atoms with Crippen LogP contribution >= 0.6 is 0 Å². The van der Waals surface area contributed by atoms with E-state index in [-0.39, 0.29) is 5.41 Å². The average Bonchev–Trinajstić information content (AvgIpc) is 3.86. The summed E-state index contributed by atoms with van der Waals surface area (Å²) in [6.07, 6.45) is 6.13. The van der Waals surface area contributed by atoms with Crippen LogP contribution in [0, 0.1) is 23.7 Å². The molecule has 0 N–H and O–H groups in total. The van der Waals surface area contributed by atoms with E-state index in [2.05, 4.69) is 170 Å². The minimum Gasteiger partial charge on any atom is -0.228 e. The van der Waals surface area contributed by atoms with Crippen LogP contribution in [0.4, 0.5) is 0 Å². The summed E-state index contributed by atoms with van der Waals surface area (Å²) in [7, 11) is 0. The molecule has 65 heavy (non-hydrogen) atoms. The van der Waals surface area contributed by atoms with Gasteiger partial charge in [-0.3, -0.25) is 0 Å². The lowest BCUT2D eigenvalue weighted by Crippen LogP contribution is -2.55. The zero-order chi connectivity index (χ0) is 44.4. The smallest absolute Gasteiger partial charge is 0.160 e. The Morgan fingerprint density at radius 2 is 0.908 bits per heavy atom. The van der Waals surface area contributed by atoms with E-state index in [1.807, 2.05) is 24.3 Å².